The Morgan fingerprint density at radius 2 is 1.87 bits per heavy atom. The van der Waals surface area contributed by atoms with Crippen molar-refractivity contribution in [1.82, 2.24) is 9.78 Å². The molecule has 116 valence electrons. The number of anilines is 2. The maximum Gasteiger partial charge on any atom is 0.261 e. The van der Waals surface area contributed by atoms with E-state index in [4.69, 9.17) is 17.3 Å². The van der Waals surface area contributed by atoms with Gasteiger partial charge in [-0.3, -0.25) is 4.79 Å². The fourth-order valence-corrected chi connectivity index (χ4v) is 2.38. The van der Waals surface area contributed by atoms with E-state index in [2.05, 4.69) is 10.4 Å². The molecule has 3 aromatic rings. The minimum absolute atomic E-state index is 0.297. The van der Waals surface area contributed by atoms with Gasteiger partial charge in [0, 0.05) is 10.7 Å². The molecule has 0 bridgehead atoms. The summed E-state index contributed by atoms with van der Waals surface area (Å²) in [5, 5.41) is 7.61. The first-order valence-electron chi connectivity index (χ1n) is 7.02. The molecule has 6 heteroatoms. The first-order valence-corrected chi connectivity index (χ1v) is 7.40. The number of aryl methyl sites for hydroxylation is 1. The molecule has 1 aromatic heterocycles. The molecule has 3 rings (SSSR count). The number of aromatic nitrogens is 2. The lowest BCUT2D eigenvalue weighted by molar-refractivity contribution is 0.102. The van der Waals surface area contributed by atoms with E-state index in [1.807, 2.05) is 31.2 Å². The molecule has 0 saturated heterocycles. The maximum atomic E-state index is 12.4. The van der Waals surface area contributed by atoms with Crippen molar-refractivity contribution in [2.24, 2.45) is 0 Å². The lowest BCUT2D eigenvalue weighted by Gasteiger charge is -2.08. The minimum Gasteiger partial charge on any atom is -0.383 e. The summed E-state index contributed by atoms with van der Waals surface area (Å²) in [5.74, 6) is -0.0181. The van der Waals surface area contributed by atoms with Gasteiger partial charge in [0.2, 0.25) is 0 Å². The van der Waals surface area contributed by atoms with Crippen molar-refractivity contribution in [2.45, 2.75) is 6.92 Å². The fourth-order valence-electron chi connectivity index (χ4n) is 2.26. The molecule has 0 radical (unpaired) electrons. The average molecular weight is 327 g/mol. The van der Waals surface area contributed by atoms with E-state index < -0.39 is 0 Å². The lowest BCUT2D eigenvalue weighted by Crippen LogP contribution is -2.14. The molecule has 2 aromatic carbocycles. The van der Waals surface area contributed by atoms with Crippen molar-refractivity contribution < 1.29 is 4.79 Å². The van der Waals surface area contributed by atoms with Gasteiger partial charge >= 0.3 is 0 Å². The van der Waals surface area contributed by atoms with Crippen LogP contribution in [-0.2, 0) is 0 Å². The molecule has 0 unspecified atom stereocenters. The molecule has 0 spiro atoms. The molecule has 0 aliphatic heterocycles. The van der Waals surface area contributed by atoms with E-state index in [9.17, 15) is 4.79 Å². The number of para-hydroxylation sites is 1. The molecule has 23 heavy (non-hydrogen) atoms. The number of hydrogen-bond acceptors (Lipinski definition) is 3. The molecule has 0 saturated carbocycles. The van der Waals surface area contributed by atoms with Crippen molar-refractivity contribution in [3.05, 3.63) is 70.9 Å². The van der Waals surface area contributed by atoms with Crippen LogP contribution in [-0.4, -0.2) is 15.7 Å². The Hall–Kier alpha value is -2.79. The van der Waals surface area contributed by atoms with Gasteiger partial charge in [0.1, 0.15) is 11.4 Å². The highest BCUT2D eigenvalue weighted by Gasteiger charge is 2.17. The summed E-state index contributed by atoms with van der Waals surface area (Å²) in [4.78, 5) is 12.4. The first kappa shape index (κ1) is 15.1. The van der Waals surface area contributed by atoms with E-state index in [0.717, 1.165) is 11.3 Å². The molecule has 0 aliphatic rings. The number of carbonyl (C=O) groups is 1. The number of rotatable bonds is 3. The summed E-state index contributed by atoms with van der Waals surface area (Å²) in [6, 6.07) is 14.6. The van der Waals surface area contributed by atoms with Gasteiger partial charge in [-0.1, -0.05) is 29.8 Å². The van der Waals surface area contributed by atoms with Gasteiger partial charge in [-0.2, -0.15) is 5.10 Å². The number of amides is 1. The summed E-state index contributed by atoms with van der Waals surface area (Å²) >= 11 is 5.83. The Bertz CT molecular complexity index is 855. The van der Waals surface area contributed by atoms with E-state index >= 15 is 0 Å². The van der Waals surface area contributed by atoms with Crippen LogP contribution in [0.4, 0.5) is 11.5 Å². The third-order valence-electron chi connectivity index (χ3n) is 3.50. The van der Waals surface area contributed by atoms with Crippen LogP contribution in [0.3, 0.4) is 0 Å². The Balaban J connectivity index is 1.88. The number of nitrogen functional groups attached to an aromatic ring is 1. The second-order valence-electron chi connectivity index (χ2n) is 5.10. The molecule has 0 aliphatic carbocycles. The van der Waals surface area contributed by atoms with Crippen LogP contribution in [0.15, 0.2) is 54.7 Å². The number of carbonyl (C=O) groups excluding carboxylic acids is 1. The van der Waals surface area contributed by atoms with Crippen LogP contribution in [0.1, 0.15) is 15.9 Å². The second kappa shape index (κ2) is 6.14. The van der Waals surface area contributed by atoms with Crippen molar-refractivity contribution in [2.75, 3.05) is 11.1 Å². The Labute approximate surface area is 138 Å². The van der Waals surface area contributed by atoms with Gasteiger partial charge < -0.3 is 11.1 Å². The smallest absolute Gasteiger partial charge is 0.261 e. The summed E-state index contributed by atoms with van der Waals surface area (Å²) in [7, 11) is 0. The maximum absolute atomic E-state index is 12.4. The third-order valence-corrected chi connectivity index (χ3v) is 3.75. The van der Waals surface area contributed by atoms with Gasteiger partial charge in [-0.25, -0.2) is 4.68 Å². The van der Waals surface area contributed by atoms with Crippen LogP contribution in [0.25, 0.3) is 5.69 Å². The molecular formula is C17H15ClN4O. The quantitative estimate of drug-likeness (QED) is 0.771. The number of nitrogens with two attached hydrogens (primary N) is 1. The van der Waals surface area contributed by atoms with Crippen molar-refractivity contribution in [1.29, 1.82) is 0 Å². The minimum atomic E-state index is -0.315. The summed E-state index contributed by atoms with van der Waals surface area (Å²) < 4.78 is 1.56. The highest BCUT2D eigenvalue weighted by Crippen LogP contribution is 2.21. The number of benzene rings is 2. The molecule has 1 heterocycles. The first-order chi connectivity index (χ1) is 11.1. The van der Waals surface area contributed by atoms with Crippen LogP contribution in [0, 0.1) is 6.92 Å². The predicted molar refractivity (Wildman–Crippen MR) is 92.1 cm³/mol. The number of halogens is 1. The van der Waals surface area contributed by atoms with Crippen LogP contribution < -0.4 is 11.1 Å². The van der Waals surface area contributed by atoms with E-state index in [-0.39, 0.29) is 5.91 Å². The van der Waals surface area contributed by atoms with Crippen LogP contribution in [0.5, 0.6) is 0 Å². The number of nitrogens with zero attached hydrogens (tertiary/aromatic N) is 2. The highest BCUT2D eigenvalue weighted by molar-refractivity contribution is 6.30. The normalized spacial score (nSPS) is 10.5. The molecule has 5 nitrogen and oxygen atoms in total. The number of nitrogens with one attached hydrogen (secondary N) is 1. The van der Waals surface area contributed by atoms with Crippen molar-refractivity contribution in [3.63, 3.8) is 0 Å². The van der Waals surface area contributed by atoms with E-state index in [0.29, 0.717) is 22.1 Å². The molecule has 0 atom stereocenters. The summed E-state index contributed by atoms with van der Waals surface area (Å²) in [6.45, 7) is 1.96. The van der Waals surface area contributed by atoms with E-state index in [1.165, 1.54) is 6.20 Å². The van der Waals surface area contributed by atoms with Crippen molar-refractivity contribution in [3.8, 4) is 5.69 Å². The van der Waals surface area contributed by atoms with Gasteiger partial charge in [0.05, 0.1) is 11.9 Å². The van der Waals surface area contributed by atoms with Gasteiger partial charge in [-0.15, -0.1) is 0 Å². The largest absolute Gasteiger partial charge is 0.383 e. The third kappa shape index (κ3) is 3.05. The topological polar surface area (TPSA) is 72.9 Å². The van der Waals surface area contributed by atoms with Crippen LogP contribution in [0.2, 0.25) is 5.02 Å². The molecule has 3 N–H and O–H groups in total. The van der Waals surface area contributed by atoms with Gasteiger partial charge in [-0.05, 0) is 42.8 Å². The van der Waals surface area contributed by atoms with Crippen molar-refractivity contribution >= 4 is 29.0 Å². The molecule has 0 fully saturated rings. The zero-order valence-corrected chi connectivity index (χ0v) is 13.2. The zero-order chi connectivity index (χ0) is 16.4. The predicted octanol–water partition coefficient (Wildman–Crippen LogP) is 3.67. The summed E-state index contributed by atoms with van der Waals surface area (Å²) in [6.07, 6.45) is 1.47. The van der Waals surface area contributed by atoms with E-state index in [1.54, 1.807) is 28.9 Å². The lowest BCUT2D eigenvalue weighted by atomic mass is 10.2. The van der Waals surface area contributed by atoms with Gasteiger partial charge in [0.15, 0.2) is 0 Å². The Kier molecular flexibility index (Phi) is 4.04. The molecular weight excluding hydrogens is 312 g/mol. The average Bonchev–Trinajstić information content (AvgIpc) is 2.92. The summed E-state index contributed by atoms with van der Waals surface area (Å²) in [5.41, 5.74) is 8.93. The standard InChI is InChI=1S/C17H15ClN4O/c1-11-4-2-3-5-15(11)22-16(19)14(10-20-22)17(23)21-13-8-6-12(18)7-9-13/h2-10H,19H2,1H3,(H,21,23). The highest BCUT2D eigenvalue weighted by atomic mass is 35.5. The van der Waals surface area contributed by atoms with Gasteiger partial charge in [0.25, 0.3) is 5.91 Å². The Morgan fingerprint density at radius 1 is 1.17 bits per heavy atom. The van der Waals surface area contributed by atoms with Crippen LogP contribution >= 0.6 is 11.6 Å². The Morgan fingerprint density at radius 3 is 2.57 bits per heavy atom. The monoisotopic (exact) mass is 326 g/mol. The SMILES string of the molecule is Cc1ccccc1-n1ncc(C(=O)Nc2ccc(Cl)cc2)c1N. The zero-order valence-electron chi connectivity index (χ0n) is 12.5. The fraction of sp³-hybridized carbons (Fsp3) is 0.0588. The number of hydrogen-bond donors (Lipinski definition) is 2. The second-order valence-corrected chi connectivity index (χ2v) is 5.54. The molecule has 1 amide bonds.